The fourth-order valence-corrected chi connectivity index (χ4v) is 2.79. The van der Waals surface area contributed by atoms with E-state index in [0.717, 1.165) is 12.8 Å². The number of hydrogen-bond acceptors (Lipinski definition) is 3. The first-order valence-corrected chi connectivity index (χ1v) is 8.04. The third kappa shape index (κ3) is 5.38. The zero-order valence-electron chi connectivity index (χ0n) is 13.7. The first kappa shape index (κ1) is 18.1. The van der Waals surface area contributed by atoms with Gasteiger partial charge in [-0.25, -0.2) is 4.79 Å². The van der Waals surface area contributed by atoms with Gasteiger partial charge in [-0.2, -0.15) is 0 Å². The number of ether oxygens (including phenoxy) is 1. The van der Waals surface area contributed by atoms with E-state index >= 15 is 0 Å². The van der Waals surface area contributed by atoms with Crippen molar-refractivity contribution in [2.24, 2.45) is 0 Å². The van der Waals surface area contributed by atoms with Crippen molar-refractivity contribution in [3.8, 4) is 0 Å². The van der Waals surface area contributed by atoms with E-state index in [1.54, 1.807) is 9.80 Å². The topological polar surface area (TPSA) is 49.9 Å². The molecule has 1 aliphatic heterocycles. The molecule has 0 spiro atoms. The number of carbonyl (C=O) groups is 2. The number of hydrogen-bond donors (Lipinski definition) is 0. The van der Waals surface area contributed by atoms with E-state index in [-0.39, 0.29) is 30.0 Å². The van der Waals surface area contributed by atoms with Crippen LogP contribution in [0.2, 0.25) is 0 Å². The molecular formula is C15H27ClN2O3. The van der Waals surface area contributed by atoms with Crippen molar-refractivity contribution in [1.29, 1.82) is 0 Å². The summed E-state index contributed by atoms with van der Waals surface area (Å²) in [7, 11) is 0. The quantitative estimate of drug-likeness (QED) is 0.752. The molecule has 0 aliphatic carbocycles. The van der Waals surface area contributed by atoms with Crippen LogP contribution in [-0.4, -0.2) is 58.5 Å². The molecule has 0 aromatic heterocycles. The van der Waals surface area contributed by atoms with Crippen LogP contribution in [0, 0.1) is 0 Å². The van der Waals surface area contributed by atoms with Gasteiger partial charge in [-0.1, -0.05) is 0 Å². The first-order chi connectivity index (χ1) is 9.65. The normalized spacial score (nSPS) is 19.6. The van der Waals surface area contributed by atoms with Crippen LogP contribution in [0.3, 0.4) is 0 Å². The van der Waals surface area contributed by atoms with Crippen LogP contribution in [0.15, 0.2) is 0 Å². The van der Waals surface area contributed by atoms with Gasteiger partial charge in [0.1, 0.15) is 11.5 Å². The summed E-state index contributed by atoms with van der Waals surface area (Å²) in [5, 5.41) is 0. The van der Waals surface area contributed by atoms with Crippen molar-refractivity contribution in [3.05, 3.63) is 0 Å². The maximum Gasteiger partial charge on any atom is 0.410 e. The van der Waals surface area contributed by atoms with Gasteiger partial charge in [-0.15, -0.1) is 11.6 Å². The fourth-order valence-electron chi connectivity index (χ4n) is 2.66. The number of nitrogens with zero attached hydrogens (tertiary/aromatic N) is 2. The summed E-state index contributed by atoms with van der Waals surface area (Å²) in [6.45, 7) is 10.7. The molecule has 0 saturated carbocycles. The lowest BCUT2D eigenvalue weighted by atomic mass is 10.0. The molecule has 0 N–H and O–H groups in total. The third-order valence-electron chi connectivity index (χ3n) is 3.40. The molecule has 1 heterocycles. The minimum atomic E-state index is -0.506. The second-order valence-electron chi connectivity index (χ2n) is 6.75. The smallest absolute Gasteiger partial charge is 0.410 e. The van der Waals surface area contributed by atoms with Gasteiger partial charge in [0.2, 0.25) is 5.91 Å². The second-order valence-corrected chi connectivity index (χ2v) is 7.02. The van der Waals surface area contributed by atoms with E-state index in [9.17, 15) is 9.59 Å². The van der Waals surface area contributed by atoms with E-state index in [1.165, 1.54) is 0 Å². The fraction of sp³-hybridized carbons (Fsp3) is 0.867. The number of likely N-dealkylation sites (tertiary alicyclic amines) is 1. The summed E-state index contributed by atoms with van der Waals surface area (Å²) >= 11 is 5.70. The summed E-state index contributed by atoms with van der Waals surface area (Å²) in [6, 6.07) is 0.0809. The molecule has 5 nitrogen and oxygen atoms in total. The van der Waals surface area contributed by atoms with Crippen LogP contribution in [0.25, 0.3) is 0 Å². The molecule has 0 radical (unpaired) electrons. The van der Waals surface area contributed by atoms with E-state index in [1.807, 2.05) is 34.6 Å². The number of amides is 2. The van der Waals surface area contributed by atoms with Gasteiger partial charge in [0.15, 0.2) is 0 Å². The highest BCUT2D eigenvalue weighted by atomic mass is 35.5. The predicted molar refractivity (Wildman–Crippen MR) is 83.5 cm³/mol. The lowest BCUT2D eigenvalue weighted by molar-refractivity contribution is -0.134. The van der Waals surface area contributed by atoms with Crippen LogP contribution >= 0.6 is 11.6 Å². The highest BCUT2D eigenvalue weighted by Crippen LogP contribution is 2.21. The minimum Gasteiger partial charge on any atom is -0.444 e. The van der Waals surface area contributed by atoms with Crippen molar-refractivity contribution < 1.29 is 14.3 Å². The Bertz CT molecular complexity index is 380. The van der Waals surface area contributed by atoms with Crippen LogP contribution in [-0.2, 0) is 9.53 Å². The Balaban J connectivity index is 2.74. The van der Waals surface area contributed by atoms with E-state index in [2.05, 4.69) is 0 Å². The van der Waals surface area contributed by atoms with Crippen molar-refractivity contribution in [2.75, 3.05) is 19.0 Å². The number of piperidine rings is 1. The molecule has 122 valence electrons. The molecule has 1 atom stereocenters. The van der Waals surface area contributed by atoms with E-state index < -0.39 is 5.60 Å². The Morgan fingerprint density at radius 2 is 2.00 bits per heavy atom. The van der Waals surface area contributed by atoms with Gasteiger partial charge in [-0.3, -0.25) is 4.79 Å². The number of rotatable bonds is 3. The zero-order chi connectivity index (χ0) is 16.2. The highest BCUT2D eigenvalue weighted by molar-refractivity contribution is 6.27. The van der Waals surface area contributed by atoms with Gasteiger partial charge < -0.3 is 14.5 Å². The third-order valence-corrected chi connectivity index (χ3v) is 3.63. The van der Waals surface area contributed by atoms with Crippen molar-refractivity contribution in [1.82, 2.24) is 9.80 Å². The molecule has 1 aliphatic rings. The lowest BCUT2D eigenvalue weighted by Gasteiger charge is -2.41. The summed E-state index contributed by atoms with van der Waals surface area (Å²) in [5.74, 6) is -0.107. The molecule has 0 bridgehead atoms. The molecule has 0 aromatic rings. The van der Waals surface area contributed by atoms with Gasteiger partial charge in [0.05, 0.1) is 0 Å². The number of halogens is 1. The van der Waals surface area contributed by atoms with Crippen molar-refractivity contribution in [2.45, 2.75) is 65.1 Å². The zero-order valence-corrected chi connectivity index (χ0v) is 14.4. The predicted octanol–water partition coefficient (Wildman–Crippen LogP) is 2.86. The standard InChI is InChI=1S/C15H27ClN2O3/c1-11(2)18(13(19)9-16)12-7-6-8-17(10-12)14(20)21-15(3,4)5/h11-12H,6-10H2,1-5H3. The maximum atomic E-state index is 12.2. The summed E-state index contributed by atoms with van der Waals surface area (Å²) in [5.41, 5.74) is -0.506. The van der Waals surface area contributed by atoms with Crippen LogP contribution in [0.1, 0.15) is 47.5 Å². The molecule has 1 saturated heterocycles. The first-order valence-electron chi connectivity index (χ1n) is 7.50. The molecule has 0 aromatic carbocycles. The van der Waals surface area contributed by atoms with Crippen molar-refractivity contribution in [3.63, 3.8) is 0 Å². The van der Waals surface area contributed by atoms with Crippen LogP contribution in [0.5, 0.6) is 0 Å². The van der Waals surface area contributed by atoms with E-state index in [4.69, 9.17) is 16.3 Å². The summed E-state index contributed by atoms with van der Waals surface area (Å²) < 4.78 is 5.41. The summed E-state index contributed by atoms with van der Waals surface area (Å²) in [4.78, 5) is 27.7. The Labute approximate surface area is 132 Å². The van der Waals surface area contributed by atoms with Gasteiger partial charge in [0.25, 0.3) is 0 Å². The Hall–Kier alpha value is -0.970. The Morgan fingerprint density at radius 1 is 1.38 bits per heavy atom. The number of carbonyl (C=O) groups excluding carboxylic acids is 2. The van der Waals surface area contributed by atoms with Crippen LogP contribution < -0.4 is 0 Å². The molecule has 6 heteroatoms. The lowest BCUT2D eigenvalue weighted by Crippen LogP contribution is -2.54. The summed E-state index contributed by atoms with van der Waals surface area (Å²) in [6.07, 6.45) is 1.44. The largest absolute Gasteiger partial charge is 0.444 e. The average molecular weight is 319 g/mol. The van der Waals surface area contributed by atoms with E-state index in [0.29, 0.717) is 13.1 Å². The molecule has 21 heavy (non-hydrogen) atoms. The van der Waals surface area contributed by atoms with Gasteiger partial charge >= 0.3 is 6.09 Å². The Morgan fingerprint density at radius 3 is 2.48 bits per heavy atom. The van der Waals surface area contributed by atoms with Gasteiger partial charge in [0, 0.05) is 25.2 Å². The molecule has 2 amide bonds. The van der Waals surface area contributed by atoms with Gasteiger partial charge in [-0.05, 0) is 47.5 Å². The molecule has 1 fully saturated rings. The average Bonchev–Trinajstić information content (AvgIpc) is 2.36. The minimum absolute atomic E-state index is 0.0116. The molecular weight excluding hydrogens is 292 g/mol. The Kier molecular flexibility index (Phi) is 6.32. The molecule has 1 rings (SSSR count). The molecule has 1 unspecified atom stereocenters. The second kappa shape index (κ2) is 7.34. The van der Waals surface area contributed by atoms with Crippen LogP contribution in [0.4, 0.5) is 4.79 Å². The SMILES string of the molecule is CC(C)N(C(=O)CCl)C1CCCN(C(=O)OC(C)(C)C)C1. The maximum absolute atomic E-state index is 12.2. The highest BCUT2D eigenvalue weighted by Gasteiger charge is 2.33. The number of alkyl halides is 1. The van der Waals surface area contributed by atoms with Crippen molar-refractivity contribution >= 4 is 23.6 Å². The monoisotopic (exact) mass is 318 g/mol.